The lowest BCUT2D eigenvalue weighted by molar-refractivity contribution is -0.134. The van der Waals surface area contributed by atoms with Gasteiger partial charge >= 0.3 is 0 Å². The monoisotopic (exact) mass is 516 g/mol. The third-order valence-electron chi connectivity index (χ3n) is 9.59. The minimum absolute atomic E-state index is 0.0167. The van der Waals surface area contributed by atoms with Crippen molar-refractivity contribution in [2.24, 2.45) is 16.6 Å². The van der Waals surface area contributed by atoms with Crippen LogP contribution in [-0.4, -0.2) is 46.4 Å². The number of nitrogens with two attached hydrogens (primary N) is 1. The van der Waals surface area contributed by atoms with E-state index in [0.717, 1.165) is 62.2 Å². The molecule has 2 N–H and O–H groups in total. The molecule has 3 aliphatic carbocycles. The van der Waals surface area contributed by atoms with Crippen molar-refractivity contribution in [1.29, 1.82) is 0 Å². The second-order valence-electron chi connectivity index (χ2n) is 12.1. The Morgan fingerprint density at radius 2 is 1.71 bits per heavy atom. The van der Waals surface area contributed by atoms with E-state index >= 15 is 0 Å². The largest absolute Gasteiger partial charge is 0.486 e. The summed E-state index contributed by atoms with van der Waals surface area (Å²) in [6.45, 7) is 1.55. The Bertz CT molecular complexity index is 1100. The molecule has 0 saturated heterocycles. The van der Waals surface area contributed by atoms with Gasteiger partial charge in [-0.05, 0) is 68.7 Å². The first-order chi connectivity index (χ1) is 18.6. The van der Waals surface area contributed by atoms with Crippen LogP contribution in [0, 0.1) is 5.92 Å². The normalized spacial score (nSPS) is 27.6. The highest BCUT2D eigenvalue weighted by atomic mass is 16.5. The fourth-order valence-corrected chi connectivity index (χ4v) is 7.51. The van der Waals surface area contributed by atoms with Crippen molar-refractivity contribution in [3.05, 3.63) is 47.6 Å². The van der Waals surface area contributed by atoms with Crippen LogP contribution >= 0.6 is 0 Å². The van der Waals surface area contributed by atoms with Crippen LogP contribution in [-0.2, 0) is 11.3 Å². The van der Waals surface area contributed by atoms with Gasteiger partial charge in [-0.3, -0.25) is 4.79 Å². The van der Waals surface area contributed by atoms with Crippen LogP contribution in [0.2, 0.25) is 0 Å². The van der Waals surface area contributed by atoms with E-state index in [-0.39, 0.29) is 12.1 Å². The Balaban J connectivity index is 1.32. The van der Waals surface area contributed by atoms with Gasteiger partial charge in [0, 0.05) is 43.6 Å². The summed E-state index contributed by atoms with van der Waals surface area (Å²) in [6, 6.07) is 6.86. The molecule has 5 aliphatic rings. The van der Waals surface area contributed by atoms with Gasteiger partial charge in [0.2, 0.25) is 5.91 Å². The van der Waals surface area contributed by atoms with Crippen molar-refractivity contribution in [3.63, 3.8) is 0 Å². The van der Waals surface area contributed by atoms with Crippen LogP contribution < -0.4 is 10.5 Å². The molecule has 0 radical (unpaired) electrons. The quantitative estimate of drug-likeness (QED) is 0.495. The van der Waals surface area contributed by atoms with Crippen LogP contribution in [0.5, 0.6) is 5.75 Å². The van der Waals surface area contributed by atoms with E-state index in [1.54, 1.807) is 0 Å². The van der Waals surface area contributed by atoms with Crippen molar-refractivity contribution in [2.45, 2.75) is 115 Å². The van der Waals surface area contributed by atoms with Crippen LogP contribution in [0.15, 0.2) is 47.0 Å². The van der Waals surface area contributed by atoms with Gasteiger partial charge in [-0.2, -0.15) is 0 Å². The maximum absolute atomic E-state index is 13.9. The number of benzene rings is 1. The number of allylic oxidation sites excluding steroid dienone is 2. The highest BCUT2D eigenvalue weighted by molar-refractivity contribution is 5.84. The van der Waals surface area contributed by atoms with Crippen molar-refractivity contribution in [1.82, 2.24) is 9.80 Å². The minimum Gasteiger partial charge on any atom is -0.486 e. The minimum atomic E-state index is 0.0167. The molecule has 1 amide bonds. The van der Waals surface area contributed by atoms with Crippen molar-refractivity contribution >= 4 is 17.6 Å². The van der Waals surface area contributed by atoms with Crippen LogP contribution in [0.3, 0.4) is 0 Å². The second kappa shape index (κ2) is 11.5. The molecule has 5 bridgehead atoms. The number of aliphatic imine (C=N–C) groups is 1. The second-order valence-corrected chi connectivity index (χ2v) is 12.1. The van der Waals surface area contributed by atoms with Gasteiger partial charge in [-0.25, -0.2) is 4.99 Å². The van der Waals surface area contributed by atoms with Crippen molar-refractivity contribution in [2.75, 3.05) is 6.54 Å². The molecule has 2 fully saturated rings. The molecule has 38 heavy (non-hydrogen) atoms. The number of rotatable bonds is 2. The molecule has 1 aromatic rings. The average Bonchev–Trinajstić information content (AvgIpc) is 2.94. The van der Waals surface area contributed by atoms with E-state index < -0.39 is 0 Å². The molecule has 1 unspecified atom stereocenters. The van der Waals surface area contributed by atoms with E-state index in [4.69, 9.17) is 15.5 Å². The molecule has 1 aromatic carbocycles. The fourth-order valence-electron chi connectivity index (χ4n) is 7.51. The first kappa shape index (κ1) is 25.5. The molecule has 204 valence electrons. The maximum Gasteiger partial charge on any atom is 0.222 e. The number of hydrogen-bond donors (Lipinski definition) is 1. The van der Waals surface area contributed by atoms with E-state index in [2.05, 4.69) is 34.1 Å². The smallest absolute Gasteiger partial charge is 0.222 e. The number of nitrogens with zero attached hydrogens (tertiary/aromatic N) is 3. The Morgan fingerprint density at radius 3 is 2.53 bits per heavy atom. The summed E-state index contributed by atoms with van der Waals surface area (Å²) in [7, 11) is 0. The molecule has 2 heterocycles. The lowest BCUT2D eigenvalue weighted by Crippen LogP contribution is -2.50. The Kier molecular flexibility index (Phi) is 7.75. The summed E-state index contributed by atoms with van der Waals surface area (Å²) in [5.41, 5.74) is 10.1. The SMILES string of the molecule is NC1=Nc2ccc3cc2CN1[C@H](C1CCCCC1)CCC(=O)N(C1CCCCC1)CCC1=CC=CC(C1)O3. The summed E-state index contributed by atoms with van der Waals surface area (Å²) in [5.74, 6) is 2.39. The molecule has 6 nitrogen and oxygen atoms in total. The number of hydrogen-bond acceptors (Lipinski definition) is 5. The zero-order chi connectivity index (χ0) is 25.9. The Labute approximate surface area is 228 Å². The van der Waals surface area contributed by atoms with E-state index in [0.29, 0.717) is 30.2 Å². The lowest BCUT2D eigenvalue weighted by atomic mass is 9.81. The number of amides is 1. The third kappa shape index (κ3) is 5.64. The molecular weight excluding hydrogens is 472 g/mol. The number of carbonyl (C=O) groups is 1. The first-order valence-corrected chi connectivity index (χ1v) is 15.2. The number of guanidine groups is 1. The summed E-state index contributed by atoms with van der Waals surface area (Å²) in [5, 5.41) is 0. The zero-order valence-corrected chi connectivity index (χ0v) is 22.8. The first-order valence-electron chi connectivity index (χ1n) is 15.2. The molecule has 2 saturated carbocycles. The maximum atomic E-state index is 13.9. The number of fused-ring (bicyclic) bond motifs is 4. The standard InChI is InChI=1S/C32H44N4O2/c33-32-34-29-15-14-28-21-25(29)22-36(32)30(24-9-3-1-4-10-24)16-17-31(37)35(26-11-5-2-6-12-26)19-18-23-8-7-13-27(20-23)38-28/h7-8,13-15,21,24,26-27,30H,1-6,9-12,16-20,22H2,(H2,33,34)/t27?,30-/m0/s1. The molecule has 0 spiro atoms. The van der Waals surface area contributed by atoms with Crippen LogP contribution in [0.4, 0.5) is 5.69 Å². The van der Waals surface area contributed by atoms with Gasteiger partial charge in [0.15, 0.2) is 5.96 Å². The van der Waals surface area contributed by atoms with E-state index in [1.165, 1.54) is 56.9 Å². The van der Waals surface area contributed by atoms with Gasteiger partial charge in [0.05, 0.1) is 5.69 Å². The van der Waals surface area contributed by atoms with Gasteiger partial charge in [-0.15, -0.1) is 0 Å². The van der Waals surface area contributed by atoms with Crippen LogP contribution in [0.25, 0.3) is 0 Å². The predicted octanol–water partition coefficient (Wildman–Crippen LogP) is 6.38. The molecule has 0 aromatic heterocycles. The molecular formula is C32H44N4O2. The van der Waals surface area contributed by atoms with Crippen LogP contribution in [0.1, 0.15) is 95.5 Å². The highest BCUT2D eigenvalue weighted by Crippen LogP contribution is 2.37. The third-order valence-corrected chi connectivity index (χ3v) is 9.59. The topological polar surface area (TPSA) is 71.2 Å². The molecule has 6 heteroatoms. The Morgan fingerprint density at radius 1 is 0.921 bits per heavy atom. The van der Waals surface area contributed by atoms with Crippen molar-refractivity contribution in [3.8, 4) is 5.75 Å². The fraction of sp³-hybridized carbons (Fsp3) is 0.625. The van der Waals surface area contributed by atoms with Crippen molar-refractivity contribution < 1.29 is 9.53 Å². The average molecular weight is 517 g/mol. The zero-order valence-electron chi connectivity index (χ0n) is 22.8. The number of ether oxygens (including phenoxy) is 1. The predicted molar refractivity (Wildman–Crippen MR) is 152 cm³/mol. The van der Waals surface area contributed by atoms with Gasteiger partial charge in [0.1, 0.15) is 11.9 Å². The van der Waals surface area contributed by atoms with E-state index in [1.807, 2.05) is 12.1 Å². The summed E-state index contributed by atoms with van der Waals surface area (Å²) < 4.78 is 6.47. The van der Waals surface area contributed by atoms with Gasteiger partial charge in [-0.1, -0.05) is 56.3 Å². The molecule has 2 atom stereocenters. The lowest BCUT2D eigenvalue weighted by Gasteiger charge is -2.42. The number of carbonyl (C=O) groups excluding carboxylic acids is 1. The molecule has 6 rings (SSSR count). The summed E-state index contributed by atoms with van der Waals surface area (Å²) in [6.07, 6.45) is 22.1. The molecule has 2 aliphatic heterocycles. The summed E-state index contributed by atoms with van der Waals surface area (Å²) in [4.78, 5) is 23.3. The Hall–Kier alpha value is -2.76. The highest BCUT2D eigenvalue weighted by Gasteiger charge is 2.34. The van der Waals surface area contributed by atoms with Gasteiger partial charge < -0.3 is 20.3 Å². The van der Waals surface area contributed by atoms with Gasteiger partial charge in [0.25, 0.3) is 0 Å². The summed E-state index contributed by atoms with van der Waals surface area (Å²) >= 11 is 0. The van der Waals surface area contributed by atoms with E-state index in [9.17, 15) is 4.79 Å².